The third kappa shape index (κ3) is 2.47. The minimum atomic E-state index is -0.329. The minimum absolute atomic E-state index is 0.0684. The Balaban J connectivity index is 1.91. The Kier molecular flexibility index (Phi) is 4.44. The molecule has 0 bridgehead atoms. The number of fused-ring (bicyclic) bond motifs is 2. The second kappa shape index (κ2) is 6.01. The topological polar surface area (TPSA) is 86.2 Å². The Hall–Kier alpha value is -0.390. The summed E-state index contributed by atoms with van der Waals surface area (Å²) in [5.74, 6) is 0.666. The quantitative estimate of drug-likeness (QED) is 0.804. The van der Waals surface area contributed by atoms with E-state index in [0.29, 0.717) is 0 Å². The first kappa shape index (κ1) is 15.5. The third-order valence-corrected chi connectivity index (χ3v) is 7.00. The number of hydrogen-bond acceptors (Lipinski definition) is 5. The van der Waals surface area contributed by atoms with Gasteiger partial charge in [-0.2, -0.15) is 11.8 Å². The second-order valence-electron chi connectivity index (χ2n) is 6.82. The molecular weight excluding hydrogens is 284 g/mol. The summed E-state index contributed by atoms with van der Waals surface area (Å²) in [5, 5.41) is 0.211. The molecule has 0 saturated heterocycles. The molecule has 0 aromatic rings. The Morgan fingerprint density at radius 2 is 1.62 bits per heavy atom. The molecule has 0 aliphatic heterocycles. The summed E-state index contributed by atoms with van der Waals surface area (Å²) in [4.78, 5) is 25.8. The molecule has 4 N–H and O–H groups in total. The van der Waals surface area contributed by atoms with Crippen LogP contribution in [0, 0.1) is 23.7 Å². The first-order chi connectivity index (χ1) is 10.1. The van der Waals surface area contributed by atoms with Crippen molar-refractivity contribution in [3.63, 3.8) is 0 Å². The van der Waals surface area contributed by atoms with Crippen LogP contribution in [0.2, 0.25) is 0 Å². The maximum atomic E-state index is 12.9. The van der Waals surface area contributed by atoms with E-state index in [4.69, 9.17) is 11.5 Å². The highest BCUT2D eigenvalue weighted by Crippen LogP contribution is 2.47. The van der Waals surface area contributed by atoms with Crippen molar-refractivity contribution >= 4 is 23.3 Å². The Labute approximate surface area is 130 Å². The number of carbonyl (C=O) groups excluding carboxylic acids is 2. The van der Waals surface area contributed by atoms with Crippen LogP contribution in [0.3, 0.4) is 0 Å². The number of rotatable bonds is 2. The molecule has 0 aromatic heterocycles. The van der Waals surface area contributed by atoms with Gasteiger partial charge in [0.05, 0.1) is 0 Å². The van der Waals surface area contributed by atoms with Gasteiger partial charge in [-0.1, -0.05) is 19.8 Å². The molecule has 3 rings (SSSR count). The number of nitrogens with two attached hydrogens (primary N) is 2. The van der Waals surface area contributed by atoms with Gasteiger partial charge < -0.3 is 11.5 Å². The average molecular weight is 310 g/mol. The summed E-state index contributed by atoms with van der Waals surface area (Å²) in [6, 6.07) is -0.405. The van der Waals surface area contributed by atoms with Crippen molar-refractivity contribution in [1.29, 1.82) is 0 Å². The summed E-state index contributed by atoms with van der Waals surface area (Å²) in [6.07, 6.45) is 4.62. The van der Waals surface area contributed by atoms with Crippen molar-refractivity contribution in [3.05, 3.63) is 0 Å². The first-order valence-electron chi connectivity index (χ1n) is 8.26. The van der Waals surface area contributed by atoms with Gasteiger partial charge in [0.2, 0.25) is 0 Å². The van der Waals surface area contributed by atoms with Crippen LogP contribution in [-0.2, 0) is 9.59 Å². The van der Waals surface area contributed by atoms with Crippen LogP contribution in [0.4, 0.5) is 0 Å². The van der Waals surface area contributed by atoms with Gasteiger partial charge in [-0.3, -0.25) is 9.59 Å². The fourth-order valence-corrected chi connectivity index (χ4v) is 5.94. The fraction of sp³-hybridized carbons (Fsp3) is 0.875. The monoisotopic (exact) mass is 310 g/mol. The van der Waals surface area contributed by atoms with E-state index < -0.39 is 0 Å². The fourth-order valence-electron chi connectivity index (χ4n) is 4.76. The molecule has 3 saturated carbocycles. The van der Waals surface area contributed by atoms with Crippen molar-refractivity contribution in [3.8, 4) is 0 Å². The summed E-state index contributed by atoms with van der Waals surface area (Å²) in [7, 11) is 0. The number of Topliss-reactive ketones (excluding diaryl/α,β-unsaturated/α-hetero) is 2. The first-order valence-corrected chi connectivity index (χ1v) is 9.31. The smallest absolute Gasteiger partial charge is 0.142 e. The van der Waals surface area contributed by atoms with Gasteiger partial charge in [-0.25, -0.2) is 0 Å². The Morgan fingerprint density at radius 1 is 1.05 bits per heavy atom. The Morgan fingerprint density at radius 3 is 2.19 bits per heavy atom. The standard InChI is InChI=1S/C16H26N2O2S/c1-2-21-11-7-10(17)12-13(14(11)18)16(20)9-6-4-3-5-8(9)15(12)19/h8-14H,2-7,17-18H2,1H3. The second-order valence-corrected chi connectivity index (χ2v) is 8.34. The lowest BCUT2D eigenvalue weighted by Gasteiger charge is -2.50. The zero-order valence-electron chi connectivity index (χ0n) is 12.7. The highest BCUT2D eigenvalue weighted by molar-refractivity contribution is 7.99. The number of carbonyl (C=O) groups is 2. The molecule has 118 valence electrons. The molecular formula is C16H26N2O2S. The van der Waals surface area contributed by atoms with E-state index in [1.165, 1.54) is 0 Å². The van der Waals surface area contributed by atoms with Crippen molar-refractivity contribution in [2.75, 3.05) is 5.75 Å². The molecule has 3 aliphatic carbocycles. The predicted molar refractivity (Wildman–Crippen MR) is 84.9 cm³/mol. The normalized spacial score (nSPS) is 46.9. The minimum Gasteiger partial charge on any atom is -0.327 e. The molecule has 0 spiro atoms. The van der Waals surface area contributed by atoms with Crippen LogP contribution in [-0.4, -0.2) is 34.7 Å². The van der Waals surface area contributed by atoms with E-state index >= 15 is 0 Å². The van der Waals surface area contributed by atoms with Gasteiger partial charge in [0, 0.05) is 41.0 Å². The maximum Gasteiger partial charge on any atom is 0.142 e. The lowest BCUT2D eigenvalue weighted by Crippen LogP contribution is -2.65. The SMILES string of the molecule is CCSC1CC(N)C2C(=O)C3CCCCC3C(=O)C2C1N. The summed E-state index contributed by atoms with van der Waals surface area (Å²) in [6.45, 7) is 2.10. The highest BCUT2D eigenvalue weighted by Gasteiger charge is 2.56. The van der Waals surface area contributed by atoms with E-state index in [1.807, 2.05) is 0 Å². The molecule has 0 heterocycles. The van der Waals surface area contributed by atoms with Crippen LogP contribution >= 0.6 is 11.8 Å². The molecule has 4 nitrogen and oxygen atoms in total. The highest BCUT2D eigenvalue weighted by atomic mass is 32.2. The van der Waals surface area contributed by atoms with E-state index in [9.17, 15) is 9.59 Å². The summed E-state index contributed by atoms with van der Waals surface area (Å²) in [5.41, 5.74) is 12.7. The van der Waals surface area contributed by atoms with E-state index in [2.05, 4.69) is 6.92 Å². The van der Waals surface area contributed by atoms with Gasteiger partial charge >= 0.3 is 0 Å². The van der Waals surface area contributed by atoms with Crippen LogP contribution < -0.4 is 11.5 Å². The number of thioether (sulfide) groups is 1. The van der Waals surface area contributed by atoms with Gasteiger partial charge in [0.1, 0.15) is 11.6 Å². The van der Waals surface area contributed by atoms with E-state index in [-0.39, 0.29) is 52.6 Å². The van der Waals surface area contributed by atoms with Crippen LogP contribution in [0.1, 0.15) is 39.0 Å². The van der Waals surface area contributed by atoms with E-state index in [0.717, 1.165) is 37.9 Å². The van der Waals surface area contributed by atoms with Crippen molar-refractivity contribution in [1.82, 2.24) is 0 Å². The summed E-state index contributed by atoms with van der Waals surface area (Å²) >= 11 is 1.78. The van der Waals surface area contributed by atoms with Crippen molar-refractivity contribution in [2.45, 2.75) is 56.4 Å². The largest absolute Gasteiger partial charge is 0.327 e. The molecule has 5 heteroatoms. The molecule has 7 unspecified atom stereocenters. The molecule has 21 heavy (non-hydrogen) atoms. The Bertz CT molecular complexity index is 442. The van der Waals surface area contributed by atoms with Crippen molar-refractivity contribution < 1.29 is 9.59 Å². The zero-order valence-corrected chi connectivity index (χ0v) is 13.5. The average Bonchev–Trinajstić information content (AvgIpc) is 2.48. The maximum absolute atomic E-state index is 12.9. The molecule has 0 aromatic carbocycles. The van der Waals surface area contributed by atoms with Crippen LogP contribution in [0.15, 0.2) is 0 Å². The van der Waals surface area contributed by atoms with E-state index in [1.54, 1.807) is 11.8 Å². The predicted octanol–water partition coefficient (Wildman–Crippen LogP) is 1.36. The molecule has 0 amide bonds. The van der Waals surface area contributed by atoms with Gasteiger partial charge in [-0.05, 0) is 25.0 Å². The van der Waals surface area contributed by atoms with Crippen LogP contribution in [0.25, 0.3) is 0 Å². The zero-order chi connectivity index (χ0) is 15.1. The van der Waals surface area contributed by atoms with Gasteiger partial charge in [0.25, 0.3) is 0 Å². The van der Waals surface area contributed by atoms with Crippen molar-refractivity contribution in [2.24, 2.45) is 35.1 Å². The lowest BCUT2D eigenvalue weighted by atomic mass is 9.56. The number of hydrogen-bond donors (Lipinski definition) is 2. The lowest BCUT2D eigenvalue weighted by molar-refractivity contribution is -0.152. The van der Waals surface area contributed by atoms with Crippen LogP contribution in [0.5, 0.6) is 0 Å². The number of ketones is 2. The molecule has 0 radical (unpaired) electrons. The third-order valence-electron chi connectivity index (χ3n) is 5.73. The molecule has 3 fully saturated rings. The van der Waals surface area contributed by atoms with Gasteiger partial charge in [0.15, 0.2) is 0 Å². The molecule has 3 aliphatic rings. The van der Waals surface area contributed by atoms with Gasteiger partial charge in [-0.15, -0.1) is 0 Å². The summed E-state index contributed by atoms with van der Waals surface area (Å²) < 4.78 is 0. The molecule has 7 atom stereocenters.